The van der Waals surface area contributed by atoms with Crippen LogP contribution < -0.4 is 11.1 Å². The number of aromatic nitrogens is 2. The minimum absolute atomic E-state index is 0.0534. The fraction of sp³-hybridized carbons (Fsp3) is 0.471. The largest absolute Gasteiger partial charge is 0.481 e. The highest BCUT2D eigenvalue weighted by Gasteiger charge is 2.57. The molecule has 0 aliphatic carbocycles. The Morgan fingerprint density at radius 1 is 1.40 bits per heavy atom. The predicted molar refractivity (Wildman–Crippen MR) is 118 cm³/mol. The quantitative estimate of drug-likeness (QED) is 0.391. The number of thioether (sulfide) groups is 2. The molecule has 3 atom stereocenters. The Morgan fingerprint density at radius 2 is 2.20 bits per heavy atom. The van der Waals surface area contributed by atoms with Crippen LogP contribution in [0.1, 0.15) is 11.4 Å². The summed E-state index contributed by atoms with van der Waals surface area (Å²) in [6.45, 7) is 2.02. The predicted octanol–water partition coefficient (Wildman–Crippen LogP) is 1.30. The lowest BCUT2D eigenvalue weighted by Gasteiger charge is -2.53. The first-order valence-corrected chi connectivity index (χ1v) is 12.8. The Bertz CT molecular complexity index is 994. The van der Waals surface area contributed by atoms with E-state index < -0.39 is 17.4 Å². The van der Waals surface area contributed by atoms with Crippen LogP contribution in [0.2, 0.25) is 0 Å². The number of fused-ring (bicyclic) bond motifs is 1. The molecule has 2 unspecified atom stereocenters. The maximum atomic E-state index is 12.6. The van der Waals surface area contributed by atoms with Crippen molar-refractivity contribution in [1.82, 2.24) is 20.2 Å². The van der Waals surface area contributed by atoms with E-state index in [1.165, 1.54) is 46.2 Å². The Morgan fingerprint density at radius 3 is 2.83 bits per heavy atom. The van der Waals surface area contributed by atoms with Gasteiger partial charge in [0.2, 0.25) is 11.8 Å². The lowest BCUT2D eigenvalue weighted by atomic mass is 9.89. The molecule has 160 valence electrons. The highest BCUT2D eigenvalue weighted by atomic mass is 32.2. The number of amides is 2. The summed E-state index contributed by atoms with van der Waals surface area (Å²) >= 11 is 5.55. The van der Waals surface area contributed by atoms with Crippen molar-refractivity contribution in [3.63, 3.8) is 0 Å². The molecule has 30 heavy (non-hydrogen) atoms. The number of aliphatic carboxylic acids is 1. The number of β-lactam (4-membered cyclic amide) rings is 1. The number of rotatable bonds is 7. The number of hydrogen-bond donors (Lipinski definition) is 3. The number of hydrogen-bond acceptors (Lipinski definition) is 10. The maximum Gasteiger partial charge on any atom is 0.313 e. The number of carbonyl (C=O) groups excluding carboxylic acids is 2. The number of nitrogens with two attached hydrogens (primary N) is 1. The number of carboxylic acids is 1. The Balaban J connectivity index is 1.36. The first-order chi connectivity index (χ1) is 14.3. The number of nitrogen functional groups attached to an aromatic ring is 1. The van der Waals surface area contributed by atoms with Crippen molar-refractivity contribution in [1.29, 1.82) is 0 Å². The normalized spacial score (nSPS) is 25.5. The molecule has 2 saturated heterocycles. The van der Waals surface area contributed by atoms with Gasteiger partial charge in [-0.15, -0.1) is 34.4 Å². The topological polar surface area (TPSA) is 139 Å². The molecule has 9 nitrogen and oxygen atoms in total. The van der Waals surface area contributed by atoms with E-state index in [0.717, 1.165) is 10.0 Å². The van der Waals surface area contributed by atoms with Gasteiger partial charge < -0.3 is 21.1 Å². The molecule has 2 aliphatic heterocycles. The zero-order chi connectivity index (χ0) is 21.5. The van der Waals surface area contributed by atoms with Crippen LogP contribution in [0.3, 0.4) is 0 Å². The summed E-state index contributed by atoms with van der Waals surface area (Å²) < 4.78 is 0.822. The van der Waals surface area contributed by atoms with Gasteiger partial charge in [-0.05, 0) is 6.92 Å². The average Bonchev–Trinajstić information content (AvgIpc) is 3.31. The number of carbonyl (C=O) groups is 3. The van der Waals surface area contributed by atoms with Crippen LogP contribution >= 0.6 is 46.2 Å². The molecule has 2 fully saturated rings. The fourth-order valence-corrected chi connectivity index (χ4v) is 7.57. The van der Waals surface area contributed by atoms with Crippen LogP contribution in [-0.2, 0) is 20.8 Å². The summed E-state index contributed by atoms with van der Waals surface area (Å²) in [6.07, 6.45) is 0.0534. The Kier molecular flexibility index (Phi) is 5.97. The van der Waals surface area contributed by atoms with Gasteiger partial charge in [-0.3, -0.25) is 14.4 Å². The molecule has 0 aromatic carbocycles. The Hall–Kier alpha value is -1.83. The second-order valence-corrected chi connectivity index (χ2v) is 11.3. The van der Waals surface area contributed by atoms with E-state index >= 15 is 0 Å². The molecule has 2 amide bonds. The fourth-order valence-electron chi connectivity index (χ4n) is 3.30. The lowest BCUT2D eigenvalue weighted by molar-refractivity contribution is -0.157. The van der Waals surface area contributed by atoms with Crippen LogP contribution in [0.25, 0.3) is 0 Å². The zero-order valence-corrected chi connectivity index (χ0v) is 19.1. The molecular formula is C17H19N5O4S4. The SMILES string of the molecule is Cc1csc(SCC2(C(=O)O)CS[C@@H]3C(NC(=O)Cc4csc(N)n4)C(=O)N3C2)n1. The summed E-state index contributed by atoms with van der Waals surface area (Å²) in [4.78, 5) is 47.0. The lowest BCUT2D eigenvalue weighted by Crippen LogP contribution is -2.74. The summed E-state index contributed by atoms with van der Waals surface area (Å²) in [6, 6.07) is -0.639. The van der Waals surface area contributed by atoms with E-state index in [2.05, 4.69) is 15.3 Å². The highest BCUT2D eigenvalue weighted by Crippen LogP contribution is 2.44. The van der Waals surface area contributed by atoms with Gasteiger partial charge in [0.15, 0.2) is 5.13 Å². The molecule has 2 aromatic rings. The number of aryl methyl sites for hydroxylation is 1. The van der Waals surface area contributed by atoms with Gasteiger partial charge in [0.25, 0.3) is 0 Å². The molecule has 0 spiro atoms. The van der Waals surface area contributed by atoms with E-state index in [4.69, 9.17) is 5.73 Å². The molecule has 0 radical (unpaired) electrons. The summed E-state index contributed by atoms with van der Waals surface area (Å²) in [5, 5.41) is 16.4. The highest BCUT2D eigenvalue weighted by molar-refractivity contribution is 8.01. The van der Waals surface area contributed by atoms with Gasteiger partial charge in [-0.1, -0.05) is 11.8 Å². The standard InChI is InChI=1S/C17H19N5O4S4/c1-8-3-28-16(19-8)30-7-17(14(25)26)5-22-12(24)11(13(22)29-6-17)21-10(23)2-9-4-27-15(18)20-9/h3-4,11,13H,2,5-7H2,1H3,(H2,18,20)(H,21,23)(H,25,26)/t11?,13-,17?/m1/s1. The molecule has 4 rings (SSSR count). The van der Waals surface area contributed by atoms with Crippen molar-refractivity contribution in [2.75, 3.05) is 23.8 Å². The summed E-state index contributed by atoms with van der Waals surface area (Å²) in [5.74, 6) is -0.775. The molecule has 2 aromatic heterocycles. The minimum Gasteiger partial charge on any atom is -0.481 e. The monoisotopic (exact) mass is 485 g/mol. The maximum absolute atomic E-state index is 12.6. The van der Waals surface area contributed by atoms with E-state index in [1.54, 1.807) is 10.3 Å². The summed E-state index contributed by atoms with van der Waals surface area (Å²) in [5.41, 5.74) is 5.99. The van der Waals surface area contributed by atoms with Gasteiger partial charge in [0.05, 0.1) is 12.1 Å². The van der Waals surface area contributed by atoms with Gasteiger partial charge >= 0.3 is 5.97 Å². The number of nitrogens with one attached hydrogen (secondary N) is 1. The third-order valence-corrected chi connectivity index (χ3v) is 9.64. The van der Waals surface area contributed by atoms with Crippen LogP contribution in [0.4, 0.5) is 5.13 Å². The second-order valence-electron chi connectivity index (χ2n) is 7.20. The van der Waals surface area contributed by atoms with Crippen LogP contribution in [0, 0.1) is 12.3 Å². The number of nitrogens with zero attached hydrogens (tertiary/aromatic N) is 3. The first-order valence-electron chi connectivity index (χ1n) is 8.97. The molecule has 4 heterocycles. The van der Waals surface area contributed by atoms with Gasteiger partial charge in [0.1, 0.15) is 21.2 Å². The van der Waals surface area contributed by atoms with Gasteiger partial charge in [0, 0.05) is 34.5 Å². The smallest absolute Gasteiger partial charge is 0.313 e. The van der Waals surface area contributed by atoms with E-state index in [9.17, 15) is 19.5 Å². The third kappa shape index (κ3) is 4.15. The zero-order valence-electron chi connectivity index (χ0n) is 15.9. The molecule has 2 aliphatic rings. The minimum atomic E-state index is -1.05. The van der Waals surface area contributed by atoms with E-state index in [0.29, 0.717) is 22.3 Å². The second kappa shape index (κ2) is 8.36. The Labute approximate surface area is 188 Å². The molecular weight excluding hydrogens is 466 g/mol. The van der Waals surface area contributed by atoms with Crippen molar-refractivity contribution >= 4 is 69.1 Å². The van der Waals surface area contributed by atoms with Crippen molar-refractivity contribution in [2.24, 2.45) is 5.41 Å². The van der Waals surface area contributed by atoms with Crippen LogP contribution in [-0.4, -0.2) is 67.2 Å². The van der Waals surface area contributed by atoms with Crippen molar-refractivity contribution < 1.29 is 19.5 Å². The average molecular weight is 486 g/mol. The van der Waals surface area contributed by atoms with Crippen LogP contribution in [0.5, 0.6) is 0 Å². The molecule has 13 heteroatoms. The molecule has 0 bridgehead atoms. The van der Waals surface area contributed by atoms with E-state index in [-0.39, 0.29) is 30.2 Å². The number of carboxylic acid groups (broad SMARTS) is 1. The number of thiazole rings is 2. The van der Waals surface area contributed by atoms with Crippen LogP contribution in [0.15, 0.2) is 15.1 Å². The number of anilines is 1. The van der Waals surface area contributed by atoms with Crippen molar-refractivity contribution in [2.45, 2.75) is 29.1 Å². The van der Waals surface area contributed by atoms with Crippen molar-refractivity contribution in [3.8, 4) is 0 Å². The molecule has 4 N–H and O–H groups in total. The van der Waals surface area contributed by atoms with Gasteiger partial charge in [-0.25, -0.2) is 9.97 Å². The van der Waals surface area contributed by atoms with Gasteiger partial charge in [-0.2, -0.15) is 0 Å². The van der Waals surface area contributed by atoms with Crippen molar-refractivity contribution in [3.05, 3.63) is 22.1 Å². The first kappa shape index (κ1) is 21.4. The van der Waals surface area contributed by atoms with E-state index in [1.807, 2.05) is 12.3 Å². The summed E-state index contributed by atoms with van der Waals surface area (Å²) in [7, 11) is 0. The molecule has 0 saturated carbocycles. The third-order valence-electron chi connectivity index (χ3n) is 4.90.